The highest BCUT2D eigenvalue weighted by Gasteiger charge is 2.47. The van der Waals surface area contributed by atoms with Gasteiger partial charge < -0.3 is 29.0 Å². The van der Waals surface area contributed by atoms with Crippen LogP contribution in [0.5, 0.6) is 57.5 Å². The molecule has 14 heteroatoms. The third-order valence-electron chi connectivity index (χ3n) is 12.4. The minimum absolute atomic E-state index is 0.361. The average Bonchev–Trinajstić information content (AvgIpc) is 3.29. The van der Waals surface area contributed by atoms with Crippen LogP contribution in [0.25, 0.3) is 0 Å². The van der Waals surface area contributed by atoms with Gasteiger partial charge in [0.2, 0.25) is 0 Å². The van der Waals surface area contributed by atoms with Crippen LogP contribution < -0.4 is 78.2 Å². The molecule has 13 rings (SSSR count). The van der Waals surface area contributed by atoms with Crippen LogP contribution in [0.3, 0.4) is 0 Å². The molecular weight excluding hydrogens is 761 g/mol. The number of nitrogens with zero attached hydrogens (tertiary/aromatic N) is 5. The summed E-state index contributed by atoms with van der Waals surface area (Å²) in [5, 5.41) is 53.5. The van der Waals surface area contributed by atoms with Gasteiger partial charge in [0.25, 0.3) is 20.1 Å². The number of ether oxygens (including phenoxy) is 5. The number of benzene rings is 7. The molecule has 0 fully saturated rings. The lowest BCUT2D eigenvalue weighted by Crippen LogP contribution is -2.63. The first-order valence-corrected chi connectivity index (χ1v) is 19.3. The van der Waals surface area contributed by atoms with Crippen LogP contribution in [-0.2, 0) is 0 Å². The number of anilines is 2. The molecule has 0 saturated carbocycles. The van der Waals surface area contributed by atoms with Gasteiger partial charge in [-0.2, -0.15) is 26.3 Å². The summed E-state index contributed by atoms with van der Waals surface area (Å²) < 4.78 is 32.8. The molecule has 6 aliphatic rings. The average molecular weight is 778 g/mol. The molecular formula is C47H17B3N6O5. The van der Waals surface area contributed by atoms with Gasteiger partial charge in [-0.15, -0.1) is 0 Å². The van der Waals surface area contributed by atoms with E-state index in [1.807, 2.05) is 24.3 Å². The molecule has 0 amide bonds. The maximum Gasteiger partial charge on any atom is 0.260 e. The van der Waals surface area contributed by atoms with Gasteiger partial charge in [0.05, 0.1) is 58.2 Å². The Hall–Kier alpha value is -9.02. The maximum atomic E-state index is 10.1. The van der Waals surface area contributed by atoms with E-state index in [0.29, 0.717) is 91.0 Å². The predicted octanol–water partition coefficient (Wildman–Crippen LogP) is 3.18. The van der Waals surface area contributed by atoms with Gasteiger partial charge in [0.1, 0.15) is 57.5 Å². The third kappa shape index (κ3) is 4.39. The van der Waals surface area contributed by atoms with Gasteiger partial charge in [0, 0.05) is 34.4 Å². The van der Waals surface area contributed by atoms with Crippen molar-refractivity contribution in [3.05, 3.63) is 125 Å². The minimum Gasteiger partial charge on any atom is -0.458 e. The fourth-order valence-corrected chi connectivity index (χ4v) is 9.96. The second-order valence-electron chi connectivity index (χ2n) is 15.6. The Balaban J connectivity index is 1.06. The van der Waals surface area contributed by atoms with Crippen LogP contribution in [0.1, 0.15) is 27.8 Å². The van der Waals surface area contributed by atoms with Gasteiger partial charge in [-0.3, -0.25) is 0 Å². The van der Waals surface area contributed by atoms with E-state index in [1.54, 1.807) is 60.7 Å². The zero-order valence-electron chi connectivity index (χ0n) is 31.2. The molecule has 7 aromatic carbocycles. The second kappa shape index (κ2) is 11.6. The second-order valence-corrected chi connectivity index (χ2v) is 15.6. The van der Waals surface area contributed by atoms with Gasteiger partial charge in [-0.25, -0.2) is 0 Å². The summed E-state index contributed by atoms with van der Waals surface area (Å²) in [5.74, 6) is 5.25. The lowest BCUT2D eigenvalue weighted by molar-refractivity contribution is 0.451. The van der Waals surface area contributed by atoms with Crippen molar-refractivity contribution in [2.75, 3.05) is 5.32 Å². The van der Waals surface area contributed by atoms with Crippen LogP contribution >= 0.6 is 0 Å². The Bertz CT molecular complexity index is 3340. The zero-order valence-corrected chi connectivity index (χ0v) is 31.2. The largest absolute Gasteiger partial charge is 0.458 e. The van der Waals surface area contributed by atoms with Gasteiger partial charge in [0.15, 0.2) is 0 Å². The van der Waals surface area contributed by atoms with E-state index in [1.165, 1.54) is 0 Å². The lowest BCUT2D eigenvalue weighted by atomic mass is 9.30. The predicted molar refractivity (Wildman–Crippen MR) is 226 cm³/mol. The smallest absolute Gasteiger partial charge is 0.260 e. The first kappa shape index (κ1) is 33.0. The van der Waals surface area contributed by atoms with Crippen molar-refractivity contribution in [3.63, 3.8) is 0 Å². The standard InChI is InChI=1S/C47H17B3N6O5/c51-17-22-1-3-35-28(5-22)48-27-13-30-37(15-33(27)56-34-7-24(19-53)8-40(57-35)45(34)48)59-42-10-26(21-55)12-44-47(42)50(30)32-14-31-38(16-39(32)61-44)60-43-11-25(20-54)9-41-46(43)49(31)29-6-23(18-52)2-4-36(29)58-41/h1-16,56H. The molecule has 0 unspecified atom stereocenters. The SMILES string of the molecule is N#Cc1cc2c3c(c1)Oc1ccc(C#N)cc1B3c1cc3c(cc1N2)Oc1cc(C#N)cc2c1B3c1cc3c(cc1O2)Oc1cc(C#N)cc2c1B3c1cc(C#N)ccc1O2. The Morgan fingerprint density at radius 3 is 1.16 bits per heavy atom. The maximum absolute atomic E-state index is 10.1. The topological polar surface area (TPSA) is 177 Å². The number of nitriles is 5. The van der Waals surface area contributed by atoms with E-state index in [-0.39, 0.29) is 6.71 Å². The molecule has 6 aliphatic heterocycles. The van der Waals surface area contributed by atoms with Crippen molar-refractivity contribution in [3.8, 4) is 87.8 Å². The first-order valence-electron chi connectivity index (χ1n) is 19.3. The van der Waals surface area contributed by atoms with E-state index in [9.17, 15) is 26.3 Å². The quantitative estimate of drug-likeness (QED) is 0.224. The van der Waals surface area contributed by atoms with Gasteiger partial charge in [-0.05, 0) is 111 Å². The molecule has 6 heterocycles. The Kier molecular flexibility index (Phi) is 6.25. The van der Waals surface area contributed by atoms with Crippen LogP contribution in [0.4, 0.5) is 11.4 Å². The molecule has 0 spiro atoms. The molecule has 0 radical (unpaired) electrons. The van der Waals surface area contributed by atoms with Crippen LogP contribution in [-0.4, -0.2) is 20.1 Å². The summed E-state index contributed by atoms with van der Waals surface area (Å²) in [7, 11) is 0. The van der Waals surface area contributed by atoms with Gasteiger partial charge in [-0.1, -0.05) is 12.1 Å². The summed E-state index contributed by atoms with van der Waals surface area (Å²) >= 11 is 0. The summed E-state index contributed by atoms with van der Waals surface area (Å²) in [5.41, 5.74) is 11.0. The van der Waals surface area contributed by atoms with Crippen molar-refractivity contribution in [1.29, 1.82) is 26.3 Å². The summed E-state index contributed by atoms with van der Waals surface area (Å²) in [6.07, 6.45) is 0. The van der Waals surface area contributed by atoms with E-state index in [0.717, 1.165) is 54.9 Å². The third-order valence-corrected chi connectivity index (χ3v) is 12.4. The summed E-state index contributed by atoms with van der Waals surface area (Å²) in [6, 6.07) is 40.4. The molecule has 7 aromatic rings. The van der Waals surface area contributed by atoms with E-state index in [4.69, 9.17) is 23.7 Å². The van der Waals surface area contributed by atoms with Crippen molar-refractivity contribution < 1.29 is 23.7 Å². The van der Waals surface area contributed by atoms with Crippen LogP contribution in [0.2, 0.25) is 0 Å². The Morgan fingerprint density at radius 2 is 0.689 bits per heavy atom. The number of hydrogen-bond donors (Lipinski definition) is 1. The highest BCUT2D eigenvalue weighted by atomic mass is 16.5. The monoisotopic (exact) mass is 778 g/mol. The molecule has 1 N–H and O–H groups in total. The molecule has 61 heavy (non-hydrogen) atoms. The summed E-state index contributed by atoms with van der Waals surface area (Å²) in [6.45, 7) is -1.23. The van der Waals surface area contributed by atoms with E-state index in [2.05, 4.69) is 47.8 Å². The van der Waals surface area contributed by atoms with E-state index >= 15 is 0 Å². The number of fused-ring (bicyclic) bond motifs is 12. The van der Waals surface area contributed by atoms with Crippen molar-refractivity contribution in [2.45, 2.75) is 0 Å². The molecule has 274 valence electrons. The normalized spacial score (nSPS) is 13.5. The minimum atomic E-state index is -0.445. The number of rotatable bonds is 0. The molecule has 11 nitrogen and oxygen atoms in total. The fraction of sp³-hybridized carbons (Fsp3) is 0. The van der Waals surface area contributed by atoms with E-state index < -0.39 is 13.4 Å². The molecule has 0 bridgehead atoms. The number of nitrogens with one attached hydrogen (secondary N) is 1. The summed E-state index contributed by atoms with van der Waals surface area (Å²) in [4.78, 5) is 0. The molecule has 0 saturated heterocycles. The lowest BCUT2D eigenvalue weighted by Gasteiger charge is -2.38. The zero-order chi connectivity index (χ0) is 40.8. The van der Waals surface area contributed by atoms with Gasteiger partial charge >= 0.3 is 0 Å². The molecule has 0 atom stereocenters. The molecule has 0 aromatic heterocycles. The molecule has 0 aliphatic carbocycles. The van der Waals surface area contributed by atoms with Crippen LogP contribution in [0.15, 0.2) is 97.1 Å². The number of hydrogen-bond acceptors (Lipinski definition) is 11. The Labute approximate surface area is 347 Å². The Morgan fingerprint density at radius 1 is 0.311 bits per heavy atom. The first-order chi connectivity index (χ1) is 29.9. The van der Waals surface area contributed by atoms with Crippen molar-refractivity contribution in [2.24, 2.45) is 0 Å². The van der Waals surface area contributed by atoms with Crippen LogP contribution in [0, 0.1) is 56.7 Å². The fourth-order valence-electron chi connectivity index (χ4n) is 9.96. The van der Waals surface area contributed by atoms with Crippen molar-refractivity contribution in [1.82, 2.24) is 0 Å². The highest BCUT2D eigenvalue weighted by Crippen LogP contribution is 2.42. The highest BCUT2D eigenvalue weighted by molar-refractivity contribution is 7.02. The van der Waals surface area contributed by atoms with Crippen molar-refractivity contribution >= 4 is 80.7 Å².